The van der Waals surface area contributed by atoms with Crippen LogP contribution in [-0.4, -0.2) is 67.8 Å². The maximum absolute atomic E-state index is 12.6. The van der Waals surface area contributed by atoms with Crippen molar-refractivity contribution in [1.82, 2.24) is 14.3 Å². The Labute approximate surface area is 166 Å². The lowest BCUT2D eigenvalue weighted by atomic mass is 10.3. The number of nitrogens with one attached hydrogen (secondary N) is 1. The summed E-state index contributed by atoms with van der Waals surface area (Å²) in [7, 11) is -3.35. The highest BCUT2D eigenvalue weighted by atomic mass is 32.2. The molecule has 9 heteroatoms. The van der Waals surface area contributed by atoms with Crippen LogP contribution >= 0.6 is 0 Å². The molecule has 1 fully saturated rings. The van der Waals surface area contributed by atoms with E-state index in [0.29, 0.717) is 37.8 Å². The van der Waals surface area contributed by atoms with E-state index in [0.717, 1.165) is 18.2 Å². The third kappa shape index (κ3) is 5.32. The molecule has 0 radical (unpaired) electrons. The molecule has 0 amide bonds. The van der Waals surface area contributed by atoms with Gasteiger partial charge in [0, 0.05) is 38.8 Å². The molecule has 0 unspecified atom stereocenters. The number of hydrogen-bond donors (Lipinski definition) is 1. The predicted octanol–water partition coefficient (Wildman–Crippen LogP) is 1.75. The second-order valence-electron chi connectivity index (χ2n) is 6.55. The Balaban J connectivity index is 1.54. The first-order valence-electron chi connectivity index (χ1n) is 9.48. The highest BCUT2D eigenvalue weighted by molar-refractivity contribution is 7.89. The molecule has 1 aromatic heterocycles. The first-order chi connectivity index (χ1) is 13.5. The van der Waals surface area contributed by atoms with Crippen LogP contribution in [-0.2, 0) is 10.0 Å². The quantitative estimate of drug-likeness (QED) is 0.716. The molecule has 8 nitrogen and oxygen atoms in total. The molecule has 0 spiro atoms. The fourth-order valence-electron chi connectivity index (χ4n) is 3.09. The number of para-hydroxylation sites is 1. The van der Waals surface area contributed by atoms with E-state index in [-0.39, 0.29) is 12.4 Å². The number of ether oxygens (including phenoxy) is 1. The average Bonchev–Trinajstić information content (AvgIpc) is 2.69. The summed E-state index contributed by atoms with van der Waals surface area (Å²) in [5.74, 6) is 2.96. The molecule has 28 heavy (non-hydrogen) atoms. The van der Waals surface area contributed by atoms with Gasteiger partial charge in [-0.25, -0.2) is 18.4 Å². The summed E-state index contributed by atoms with van der Waals surface area (Å²) in [6.07, 6.45) is 0. The van der Waals surface area contributed by atoms with Crippen molar-refractivity contribution in [2.45, 2.75) is 13.8 Å². The van der Waals surface area contributed by atoms with Gasteiger partial charge in [0.2, 0.25) is 10.0 Å². The summed E-state index contributed by atoms with van der Waals surface area (Å²) in [6.45, 7) is 6.87. The third-order valence-electron chi connectivity index (χ3n) is 4.49. The van der Waals surface area contributed by atoms with Gasteiger partial charge in [-0.2, -0.15) is 4.31 Å². The number of piperazine rings is 1. The molecular formula is C19H27N5O3S. The molecule has 2 heterocycles. The maximum Gasteiger partial charge on any atom is 0.217 e. The van der Waals surface area contributed by atoms with E-state index >= 15 is 0 Å². The predicted molar refractivity (Wildman–Crippen MR) is 110 cm³/mol. The number of aryl methyl sites for hydroxylation is 1. The van der Waals surface area contributed by atoms with E-state index in [4.69, 9.17) is 4.74 Å². The molecule has 0 atom stereocenters. The van der Waals surface area contributed by atoms with Crippen LogP contribution in [0.25, 0.3) is 0 Å². The van der Waals surface area contributed by atoms with Crippen LogP contribution in [0.1, 0.15) is 12.7 Å². The number of aromatic nitrogens is 2. The van der Waals surface area contributed by atoms with Crippen LogP contribution in [0.3, 0.4) is 0 Å². The van der Waals surface area contributed by atoms with E-state index in [1.54, 1.807) is 0 Å². The van der Waals surface area contributed by atoms with E-state index in [1.807, 2.05) is 50.2 Å². The molecular weight excluding hydrogens is 378 g/mol. The highest BCUT2D eigenvalue weighted by Gasteiger charge is 2.27. The van der Waals surface area contributed by atoms with E-state index in [1.165, 1.54) is 4.31 Å². The summed E-state index contributed by atoms with van der Waals surface area (Å²) in [4.78, 5) is 11.0. The summed E-state index contributed by atoms with van der Waals surface area (Å²) in [5.41, 5.74) is 0. The van der Waals surface area contributed by atoms with Gasteiger partial charge in [-0.15, -0.1) is 0 Å². The van der Waals surface area contributed by atoms with Crippen LogP contribution in [0.5, 0.6) is 5.75 Å². The van der Waals surface area contributed by atoms with Gasteiger partial charge >= 0.3 is 0 Å². The zero-order valence-electron chi connectivity index (χ0n) is 16.3. The standard InChI is InChI=1S/C19H27N5O3S/c1-3-20-18-15-19(22-16(2)21-18)23-9-11-24(12-10-23)28(25,26)14-13-27-17-7-5-4-6-8-17/h4-8,15H,3,9-14H2,1-2H3,(H,20,21,22). The maximum atomic E-state index is 12.6. The van der Waals surface area contributed by atoms with Crippen molar-refractivity contribution < 1.29 is 13.2 Å². The summed E-state index contributed by atoms with van der Waals surface area (Å²) in [5, 5.41) is 3.20. The second kappa shape index (κ2) is 9.20. The lowest BCUT2D eigenvalue weighted by Crippen LogP contribution is -2.50. The van der Waals surface area contributed by atoms with Crippen molar-refractivity contribution in [2.24, 2.45) is 0 Å². The Hall–Kier alpha value is -2.39. The first-order valence-corrected chi connectivity index (χ1v) is 11.1. The van der Waals surface area contributed by atoms with Crippen molar-refractivity contribution in [1.29, 1.82) is 0 Å². The lowest BCUT2D eigenvalue weighted by molar-refractivity contribution is 0.331. The van der Waals surface area contributed by atoms with E-state index < -0.39 is 10.0 Å². The molecule has 0 bridgehead atoms. The van der Waals surface area contributed by atoms with Gasteiger partial charge in [-0.3, -0.25) is 0 Å². The van der Waals surface area contributed by atoms with Gasteiger partial charge in [0.25, 0.3) is 0 Å². The molecule has 2 aromatic rings. The van der Waals surface area contributed by atoms with Crippen LogP contribution in [0.2, 0.25) is 0 Å². The molecule has 1 aliphatic rings. The zero-order valence-corrected chi connectivity index (χ0v) is 17.2. The minimum atomic E-state index is -3.35. The first kappa shape index (κ1) is 20.3. The fourth-order valence-corrected chi connectivity index (χ4v) is 4.36. The zero-order chi connectivity index (χ0) is 20.0. The Bertz CT molecular complexity index is 868. The van der Waals surface area contributed by atoms with Crippen molar-refractivity contribution in [3.63, 3.8) is 0 Å². The molecule has 0 saturated carbocycles. The Morgan fingerprint density at radius 1 is 1.11 bits per heavy atom. The Morgan fingerprint density at radius 2 is 1.82 bits per heavy atom. The molecule has 0 aliphatic carbocycles. The number of nitrogens with zero attached hydrogens (tertiary/aromatic N) is 4. The molecule has 1 saturated heterocycles. The van der Waals surface area contributed by atoms with Crippen molar-refractivity contribution >= 4 is 21.7 Å². The van der Waals surface area contributed by atoms with Crippen LogP contribution in [0.4, 0.5) is 11.6 Å². The van der Waals surface area contributed by atoms with Gasteiger partial charge in [0.1, 0.15) is 29.8 Å². The van der Waals surface area contributed by atoms with E-state index in [9.17, 15) is 8.42 Å². The highest BCUT2D eigenvalue weighted by Crippen LogP contribution is 2.19. The van der Waals surface area contributed by atoms with Crippen molar-refractivity contribution in [3.8, 4) is 5.75 Å². The smallest absolute Gasteiger partial charge is 0.217 e. The average molecular weight is 406 g/mol. The summed E-state index contributed by atoms with van der Waals surface area (Å²) in [6, 6.07) is 11.2. The lowest BCUT2D eigenvalue weighted by Gasteiger charge is -2.34. The topological polar surface area (TPSA) is 87.7 Å². The molecule has 1 aliphatic heterocycles. The number of rotatable bonds is 8. The second-order valence-corrected chi connectivity index (χ2v) is 8.64. The monoisotopic (exact) mass is 405 g/mol. The fraction of sp³-hybridized carbons (Fsp3) is 0.474. The van der Waals surface area contributed by atoms with Gasteiger partial charge in [-0.05, 0) is 26.0 Å². The minimum absolute atomic E-state index is 0.0287. The normalized spacial score (nSPS) is 15.4. The van der Waals surface area contributed by atoms with Gasteiger partial charge in [0.15, 0.2) is 0 Å². The molecule has 1 N–H and O–H groups in total. The Morgan fingerprint density at radius 3 is 2.50 bits per heavy atom. The van der Waals surface area contributed by atoms with Gasteiger partial charge in [0.05, 0.1) is 5.75 Å². The number of sulfonamides is 1. The number of hydrogen-bond acceptors (Lipinski definition) is 7. The number of benzene rings is 1. The number of anilines is 2. The van der Waals surface area contributed by atoms with Gasteiger partial charge in [-0.1, -0.05) is 18.2 Å². The molecule has 1 aromatic carbocycles. The molecule has 152 valence electrons. The van der Waals surface area contributed by atoms with Crippen LogP contribution < -0.4 is 15.0 Å². The largest absolute Gasteiger partial charge is 0.492 e. The van der Waals surface area contributed by atoms with Crippen LogP contribution in [0, 0.1) is 6.92 Å². The SMILES string of the molecule is CCNc1cc(N2CCN(S(=O)(=O)CCOc3ccccc3)CC2)nc(C)n1. The molecule has 3 rings (SSSR count). The van der Waals surface area contributed by atoms with Crippen molar-refractivity contribution in [3.05, 3.63) is 42.2 Å². The minimum Gasteiger partial charge on any atom is -0.492 e. The summed E-state index contributed by atoms with van der Waals surface area (Å²) >= 11 is 0. The van der Waals surface area contributed by atoms with E-state index in [2.05, 4.69) is 20.2 Å². The van der Waals surface area contributed by atoms with Crippen LogP contribution in [0.15, 0.2) is 36.4 Å². The third-order valence-corrected chi connectivity index (χ3v) is 6.33. The summed E-state index contributed by atoms with van der Waals surface area (Å²) < 4.78 is 32.3. The van der Waals surface area contributed by atoms with Gasteiger partial charge < -0.3 is 15.0 Å². The Kier molecular flexibility index (Phi) is 6.69. The van der Waals surface area contributed by atoms with Crippen molar-refractivity contribution in [2.75, 3.05) is 55.3 Å².